The fraction of sp³-hybridized carbons (Fsp3) is 0.136. The minimum atomic E-state index is -3.91. The van der Waals surface area contributed by atoms with Gasteiger partial charge in [-0.05, 0) is 41.8 Å². The first kappa shape index (κ1) is 19.7. The van der Waals surface area contributed by atoms with E-state index in [1.165, 1.54) is 27.9 Å². The third-order valence-corrected chi connectivity index (χ3v) is 7.79. The number of rotatable bonds is 5. The number of fused-ring (bicyclic) bond motifs is 1. The second-order valence-corrected chi connectivity index (χ2v) is 9.71. The number of benzene rings is 2. The SMILES string of the molecule is COc1ccc(S(=O)(=O)N2N=C(c3cccs3)C[C@@H]2c2cccc3nccnc23)cc1. The number of hydrogen-bond acceptors (Lipinski definition) is 7. The van der Waals surface area contributed by atoms with E-state index in [2.05, 4.69) is 15.1 Å². The molecule has 0 fully saturated rings. The zero-order chi connectivity index (χ0) is 21.4. The van der Waals surface area contributed by atoms with Crippen molar-refractivity contribution in [3.8, 4) is 5.75 Å². The molecule has 1 aliphatic rings. The van der Waals surface area contributed by atoms with Gasteiger partial charge < -0.3 is 4.74 Å². The van der Waals surface area contributed by atoms with E-state index in [0.717, 1.165) is 16.2 Å². The Kier molecular flexibility index (Phi) is 4.91. The summed E-state index contributed by atoms with van der Waals surface area (Å²) in [5.41, 5.74) is 2.90. The first-order chi connectivity index (χ1) is 15.1. The van der Waals surface area contributed by atoms with Gasteiger partial charge in [0.25, 0.3) is 10.0 Å². The minimum Gasteiger partial charge on any atom is -0.497 e. The lowest BCUT2D eigenvalue weighted by Gasteiger charge is -2.24. The number of hydrogen-bond donors (Lipinski definition) is 0. The number of sulfonamides is 1. The van der Waals surface area contributed by atoms with Gasteiger partial charge in [-0.15, -0.1) is 11.3 Å². The van der Waals surface area contributed by atoms with Gasteiger partial charge in [-0.1, -0.05) is 18.2 Å². The fourth-order valence-corrected chi connectivity index (χ4v) is 5.82. The van der Waals surface area contributed by atoms with Gasteiger partial charge in [0.15, 0.2) is 0 Å². The Morgan fingerprint density at radius 1 is 1.03 bits per heavy atom. The van der Waals surface area contributed by atoms with E-state index in [0.29, 0.717) is 23.2 Å². The summed E-state index contributed by atoms with van der Waals surface area (Å²) in [6.45, 7) is 0. The van der Waals surface area contributed by atoms with Gasteiger partial charge in [0.2, 0.25) is 0 Å². The smallest absolute Gasteiger partial charge is 0.279 e. The number of thiophene rings is 1. The molecule has 0 bridgehead atoms. The summed E-state index contributed by atoms with van der Waals surface area (Å²) in [5, 5.41) is 6.53. The van der Waals surface area contributed by atoms with E-state index < -0.39 is 16.1 Å². The van der Waals surface area contributed by atoms with E-state index >= 15 is 0 Å². The van der Waals surface area contributed by atoms with Crippen LogP contribution in [-0.4, -0.2) is 35.6 Å². The Hall–Kier alpha value is -3.30. The van der Waals surface area contributed by atoms with Gasteiger partial charge in [0.05, 0.1) is 39.7 Å². The molecule has 0 spiro atoms. The van der Waals surface area contributed by atoms with E-state index in [1.54, 1.807) is 31.6 Å². The van der Waals surface area contributed by atoms with Crippen LogP contribution in [0.5, 0.6) is 5.75 Å². The van der Waals surface area contributed by atoms with Gasteiger partial charge in [-0.3, -0.25) is 9.97 Å². The van der Waals surface area contributed by atoms with Crippen LogP contribution >= 0.6 is 11.3 Å². The van der Waals surface area contributed by atoms with Crippen molar-refractivity contribution in [2.24, 2.45) is 5.10 Å². The lowest BCUT2D eigenvalue weighted by atomic mass is 10.0. The van der Waals surface area contributed by atoms with Gasteiger partial charge in [0, 0.05) is 24.4 Å². The first-order valence-corrected chi connectivity index (χ1v) is 11.9. The number of nitrogens with zero attached hydrogens (tertiary/aromatic N) is 4. The van der Waals surface area contributed by atoms with Crippen LogP contribution in [0.1, 0.15) is 22.9 Å². The highest BCUT2D eigenvalue weighted by molar-refractivity contribution is 7.89. The van der Waals surface area contributed by atoms with Crippen molar-refractivity contribution in [1.29, 1.82) is 0 Å². The van der Waals surface area contributed by atoms with Crippen molar-refractivity contribution < 1.29 is 13.2 Å². The summed E-state index contributed by atoms with van der Waals surface area (Å²) in [5.74, 6) is 0.587. The Balaban J connectivity index is 1.64. The van der Waals surface area contributed by atoms with Gasteiger partial charge in [0.1, 0.15) is 5.75 Å². The highest BCUT2D eigenvalue weighted by Gasteiger charge is 2.39. The van der Waals surface area contributed by atoms with E-state index in [4.69, 9.17) is 4.74 Å². The zero-order valence-electron chi connectivity index (χ0n) is 16.5. The molecule has 1 atom stereocenters. The van der Waals surface area contributed by atoms with E-state index in [1.807, 2.05) is 35.7 Å². The van der Waals surface area contributed by atoms with E-state index in [-0.39, 0.29) is 4.90 Å². The third kappa shape index (κ3) is 3.45. The molecule has 4 aromatic rings. The predicted octanol–water partition coefficient (Wildman–Crippen LogP) is 4.24. The van der Waals surface area contributed by atoms with Crippen LogP contribution < -0.4 is 4.74 Å². The second kappa shape index (κ2) is 7.75. The molecule has 0 radical (unpaired) electrons. The topological polar surface area (TPSA) is 84.8 Å². The van der Waals surface area contributed by atoms with Crippen LogP contribution in [0.15, 0.2) is 82.4 Å². The summed E-state index contributed by atoms with van der Waals surface area (Å²) in [4.78, 5) is 9.94. The summed E-state index contributed by atoms with van der Waals surface area (Å²) < 4.78 is 33.6. The van der Waals surface area contributed by atoms with Crippen LogP contribution in [0.4, 0.5) is 0 Å². The molecular formula is C22H18N4O3S2. The number of aromatic nitrogens is 2. The van der Waals surface area contributed by atoms with Crippen molar-refractivity contribution >= 4 is 38.1 Å². The highest BCUT2D eigenvalue weighted by Crippen LogP contribution is 2.39. The molecule has 0 amide bonds. The Morgan fingerprint density at radius 3 is 2.58 bits per heavy atom. The minimum absolute atomic E-state index is 0.154. The monoisotopic (exact) mass is 450 g/mol. The van der Waals surface area contributed by atoms with Crippen LogP contribution in [0.3, 0.4) is 0 Å². The zero-order valence-corrected chi connectivity index (χ0v) is 18.2. The quantitative estimate of drug-likeness (QED) is 0.454. The standard InChI is InChI=1S/C22H18N4O3S2/c1-29-15-7-9-16(10-8-15)31(27,28)26-20(14-19(25-26)21-6-3-13-30-21)17-4-2-5-18-22(17)24-12-11-23-18/h2-13,20H,14H2,1H3/t20-/m1/s1. The molecule has 0 N–H and O–H groups in total. The summed E-state index contributed by atoms with van der Waals surface area (Å²) in [6.07, 6.45) is 3.69. The van der Waals surface area contributed by atoms with Crippen molar-refractivity contribution in [3.05, 3.63) is 82.8 Å². The molecule has 0 saturated heterocycles. The second-order valence-electron chi connectivity index (χ2n) is 6.97. The molecule has 1 aliphatic heterocycles. The van der Waals surface area contributed by atoms with Gasteiger partial charge >= 0.3 is 0 Å². The number of methoxy groups -OCH3 is 1. The normalized spacial score (nSPS) is 16.5. The largest absolute Gasteiger partial charge is 0.497 e. The predicted molar refractivity (Wildman–Crippen MR) is 120 cm³/mol. The number of hydrazone groups is 1. The molecule has 0 saturated carbocycles. The van der Waals surface area contributed by atoms with Crippen molar-refractivity contribution in [3.63, 3.8) is 0 Å². The molecule has 5 rings (SSSR count). The molecule has 31 heavy (non-hydrogen) atoms. The van der Waals surface area contributed by atoms with E-state index in [9.17, 15) is 8.42 Å². The number of para-hydroxylation sites is 1. The molecule has 0 unspecified atom stereocenters. The highest BCUT2D eigenvalue weighted by atomic mass is 32.2. The van der Waals surface area contributed by atoms with Gasteiger partial charge in [-0.25, -0.2) is 0 Å². The molecule has 0 aliphatic carbocycles. The fourth-order valence-electron chi connectivity index (χ4n) is 3.67. The maximum absolute atomic E-state index is 13.6. The Labute approximate surface area is 183 Å². The third-order valence-electron chi connectivity index (χ3n) is 5.17. The summed E-state index contributed by atoms with van der Waals surface area (Å²) >= 11 is 1.54. The maximum atomic E-state index is 13.6. The van der Waals surface area contributed by atoms with Crippen LogP contribution in [0, 0.1) is 0 Å². The maximum Gasteiger partial charge on any atom is 0.279 e. The molecular weight excluding hydrogens is 432 g/mol. The lowest BCUT2D eigenvalue weighted by Crippen LogP contribution is -2.27. The molecule has 9 heteroatoms. The lowest BCUT2D eigenvalue weighted by molar-refractivity contribution is 0.372. The average Bonchev–Trinajstić information content (AvgIpc) is 3.49. The molecule has 156 valence electrons. The molecule has 3 heterocycles. The van der Waals surface area contributed by atoms with Crippen LogP contribution in [0.2, 0.25) is 0 Å². The Morgan fingerprint density at radius 2 is 1.84 bits per heavy atom. The first-order valence-electron chi connectivity index (χ1n) is 9.57. The van der Waals surface area contributed by atoms with Crippen LogP contribution in [-0.2, 0) is 10.0 Å². The summed E-state index contributed by atoms with van der Waals surface area (Å²) in [7, 11) is -2.37. The van der Waals surface area contributed by atoms with Crippen molar-refractivity contribution in [2.75, 3.05) is 7.11 Å². The van der Waals surface area contributed by atoms with Gasteiger partial charge in [-0.2, -0.15) is 17.9 Å². The Bertz CT molecular complexity index is 1360. The van der Waals surface area contributed by atoms with Crippen molar-refractivity contribution in [2.45, 2.75) is 17.4 Å². The van der Waals surface area contributed by atoms with Crippen LogP contribution in [0.25, 0.3) is 11.0 Å². The number of ether oxygens (including phenoxy) is 1. The van der Waals surface area contributed by atoms with Crippen molar-refractivity contribution in [1.82, 2.24) is 14.4 Å². The summed E-state index contributed by atoms with van der Waals surface area (Å²) in [6, 6.07) is 15.3. The molecule has 7 nitrogen and oxygen atoms in total. The molecule has 2 aromatic carbocycles. The molecule has 2 aromatic heterocycles. The average molecular weight is 451 g/mol.